The predicted octanol–water partition coefficient (Wildman–Crippen LogP) is 3.55. The van der Waals surface area contributed by atoms with Crippen LogP contribution in [-0.2, 0) is 4.74 Å². The third-order valence-electron chi connectivity index (χ3n) is 3.93. The lowest BCUT2D eigenvalue weighted by molar-refractivity contribution is 0.0404. The molecule has 1 fully saturated rings. The van der Waals surface area contributed by atoms with Crippen LogP contribution >= 0.6 is 0 Å². The number of nitrogens with two attached hydrogens (primary N) is 1. The number of fused-ring (bicyclic) bond motifs is 1. The zero-order valence-electron chi connectivity index (χ0n) is 11.0. The van der Waals surface area contributed by atoms with Gasteiger partial charge in [-0.05, 0) is 36.8 Å². The van der Waals surface area contributed by atoms with E-state index < -0.39 is 0 Å². The molecule has 1 aliphatic rings. The van der Waals surface area contributed by atoms with Crippen LogP contribution in [0.3, 0.4) is 0 Å². The minimum absolute atomic E-state index is 0.0314. The van der Waals surface area contributed by atoms with E-state index in [1.54, 1.807) is 12.1 Å². The van der Waals surface area contributed by atoms with Gasteiger partial charge in [0.1, 0.15) is 5.82 Å². The first-order valence-electron chi connectivity index (χ1n) is 6.75. The summed E-state index contributed by atoms with van der Waals surface area (Å²) in [5.41, 5.74) is 7.30. The number of hydrogen-bond acceptors (Lipinski definition) is 2. The van der Waals surface area contributed by atoms with E-state index in [2.05, 4.69) is 6.92 Å². The fourth-order valence-corrected chi connectivity index (χ4v) is 2.87. The molecule has 2 nitrogen and oxygen atoms in total. The van der Waals surface area contributed by atoms with Crippen molar-refractivity contribution >= 4 is 10.8 Å². The Bertz CT molecular complexity index is 598. The molecule has 3 atom stereocenters. The topological polar surface area (TPSA) is 35.2 Å². The molecule has 19 heavy (non-hydrogen) atoms. The van der Waals surface area contributed by atoms with Gasteiger partial charge in [-0.15, -0.1) is 0 Å². The molecule has 3 rings (SSSR count). The molecule has 0 radical (unpaired) electrons. The second-order valence-corrected chi connectivity index (χ2v) is 5.27. The molecule has 3 unspecified atom stereocenters. The molecule has 0 aromatic heterocycles. The molecule has 100 valence electrons. The Morgan fingerprint density at radius 1 is 1.16 bits per heavy atom. The van der Waals surface area contributed by atoms with Crippen LogP contribution in [0.4, 0.5) is 4.39 Å². The molecule has 1 saturated heterocycles. The largest absolute Gasteiger partial charge is 0.373 e. The lowest BCUT2D eigenvalue weighted by Gasteiger charge is -2.21. The lowest BCUT2D eigenvalue weighted by atomic mass is 9.94. The van der Waals surface area contributed by atoms with Crippen LogP contribution in [0.25, 0.3) is 10.8 Å². The van der Waals surface area contributed by atoms with Crippen LogP contribution in [0.15, 0.2) is 36.4 Å². The average Bonchev–Trinajstić information content (AvgIpc) is 2.86. The van der Waals surface area contributed by atoms with Crippen molar-refractivity contribution in [3.05, 3.63) is 47.8 Å². The van der Waals surface area contributed by atoms with Crippen LogP contribution in [0.2, 0.25) is 0 Å². The molecule has 0 amide bonds. The molecule has 2 N–H and O–H groups in total. The summed E-state index contributed by atoms with van der Waals surface area (Å²) in [4.78, 5) is 0. The van der Waals surface area contributed by atoms with Gasteiger partial charge in [-0.1, -0.05) is 30.3 Å². The van der Waals surface area contributed by atoms with Crippen molar-refractivity contribution < 1.29 is 9.13 Å². The first-order valence-corrected chi connectivity index (χ1v) is 6.75. The Kier molecular flexibility index (Phi) is 3.25. The van der Waals surface area contributed by atoms with E-state index in [-0.39, 0.29) is 24.1 Å². The summed E-state index contributed by atoms with van der Waals surface area (Å²) in [5.74, 6) is -0.202. The van der Waals surface area contributed by atoms with Crippen molar-refractivity contribution in [2.45, 2.75) is 38.0 Å². The molecule has 2 aromatic carbocycles. The van der Waals surface area contributed by atoms with Gasteiger partial charge in [0, 0.05) is 5.39 Å². The molecule has 2 aromatic rings. The van der Waals surface area contributed by atoms with Crippen LogP contribution in [0, 0.1) is 5.82 Å². The van der Waals surface area contributed by atoms with Crippen LogP contribution in [0.5, 0.6) is 0 Å². The lowest BCUT2D eigenvalue weighted by Crippen LogP contribution is -2.26. The number of benzene rings is 2. The molecule has 1 aliphatic heterocycles. The highest BCUT2D eigenvalue weighted by atomic mass is 19.1. The van der Waals surface area contributed by atoms with E-state index in [1.165, 1.54) is 6.07 Å². The molecule has 1 heterocycles. The molecule has 0 aliphatic carbocycles. The zero-order chi connectivity index (χ0) is 13.4. The van der Waals surface area contributed by atoms with E-state index in [4.69, 9.17) is 10.5 Å². The molecule has 0 bridgehead atoms. The third kappa shape index (κ3) is 2.24. The summed E-state index contributed by atoms with van der Waals surface area (Å²) in [5, 5.41) is 1.51. The van der Waals surface area contributed by atoms with Gasteiger partial charge >= 0.3 is 0 Å². The van der Waals surface area contributed by atoms with Crippen molar-refractivity contribution in [1.29, 1.82) is 0 Å². The molecule has 0 spiro atoms. The normalized spacial score (nSPS) is 24.8. The summed E-state index contributed by atoms with van der Waals surface area (Å²) < 4.78 is 19.6. The number of rotatable bonds is 2. The van der Waals surface area contributed by atoms with Crippen molar-refractivity contribution in [1.82, 2.24) is 0 Å². The minimum atomic E-state index is -0.202. The Balaban J connectivity index is 2.03. The Morgan fingerprint density at radius 3 is 2.58 bits per heavy atom. The quantitative estimate of drug-likeness (QED) is 0.895. The maximum atomic E-state index is 13.8. The maximum Gasteiger partial charge on any atom is 0.131 e. The molecule has 3 heteroatoms. The SMILES string of the molecule is CC1CCC(C(N)c2ccc(F)c3ccccc23)O1. The predicted molar refractivity (Wildman–Crippen MR) is 74.4 cm³/mol. The number of hydrogen-bond donors (Lipinski definition) is 1. The van der Waals surface area contributed by atoms with Gasteiger partial charge in [0.05, 0.1) is 18.2 Å². The highest BCUT2D eigenvalue weighted by Crippen LogP contribution is 2.32. The summed E-state index contributed by atoms with van der Waals surface area (Å²) in [6, 6.07) is 10.6. The highest BCUT2D eigenvalue weighted by Gasteiger charge is 2.29. The van der Waals surface area contributed by atoms with Crippen LogP contribution < -0.4 is 5.73 Å². The smallest absolute Gasteiger partial charge is 0.131 e. The average molecular weight is 259 g/mol. The Labute approximate surface area is 112 Å². The second-order valence-electron chi connectivity index (χ2n) is 5.27. The second kappa shape index (κ2) is 4.91. The first kappa shape index (κ1) is 12.6. The molecular formula is C16H18FNO. The van der Waals surface area contributed by atoms with Gasteiger partial charge in [-0.3, -0.25) is 0 Å². The standard InChI is InChI=1S/C16H18FNO/c1-10-6-9-15(19-10)16(18)13-7-8-14(17)12-5-3-2-4-11(12)13/h2-5,7-8,10,15-16H,6,9,18H2,1H3. The van der Waals surface area contributed by atoms with E-state index >= 15 is 0 Å². The summed E-state index contributed by atoms with van der Waals surface area (Å²) in [6.45, 7) is 2.06. The fourth-order valence-electron chi connectivity index (χ4n) is 2.87. The fraction of sp³-hybridized carbons (Fsp3) is 0.375. The molecule has 0 saturated carbocycles. The zero-order valence-corrected chi connectivity index (χ0v) is 11.0. The van der Waals surface area contributed by atoms with Gasteiger partial charge in [0.25, 0.3) is 0 Å². The maximum absolute atomic E-state index is 13.8. The Hall–Kier alpha value is -1.45. The minimum Gasteiger partial charge on any atom is -0.373 e. The van der Waals surface area contributed by atoms with Crippen molar-refractivity contribution in [2.75, 3.05) is 0 Å². The summed E-state index contributed by atoms with van der Waals surface area (Å²) >= 11 is 0. The van der Waals surface area contributed by atoms with Gasteiger partial charge in [-0.25, -0.2) is 4.39 Å². The third-order valence-corrected chi connectivity index (χ3v) is 3.93. The number of ether oxygens (including phenoxy) is 1. The van der Waals surface area contributed by atoms with E-state index in [9.17, 15) is 4.39 Å². The first-order chi connectivity index (χ1) is 9.16. The highest BCUT2D eigenvalue weighted by molar-refractivity contribution is 5.86. The van der Waals surface area contributed by atoms with Gasteiger partial charge in [0.2, 0.25) is 0 Å². The van der Waals surface area contributed by atoms with Gasteiger partial charge < -0.3 is 10.5 Å². The van der Waals surface area contributed by atoms with Gasteiger partial charge in [0.15, 0.2) is 0 Å². The Morgan fingerprint density at radius 2 is 1.89 bits per heavy atom. The van der Waals surface area contributed by atoms with E-state index in [0.717, 1.165) is 23.8 Å². The van der Waals surface area contributed by atoms with E-state index in [1.807, 2.05) is 18.2 Å². The van der Waals surface area contributed by atoms with Gasteiger partial charge in [-0.2, -0.15) is 0 Å². The monoisotopic (exact) mass is 259 g/mol. The van der Waals surface area contributed by atoms with Crippen LogP contribution in [0.1, 0.15) is 31.4 Å². The van der Waals surface area contributed by atoms with Crippen molar-refractivity contribution in [2.24, 2.45) is 5.73 Å². The summed E-state index contributed by atoms with van der Waals surface area (Å²) in [7, 11) is 0. The van der Waals surface area contributed by atoms with Crippen molar-refractivity contribution in [3.63, 3.8) is 0 Å². The van der Waals surface area contributed by atoms with Crippen LogP contribution in [-0.4, -0.2) is 12.2 Å². The molecular weight excluding hydrogens is 241 g/mol. The number of halogens is 1. The summed E-state index contributed by atoms with van der Waals surface area (Å²) in [6.07, 6.45) is 2.30. The van der Waals surface area contributed by atoms with Crippen molar-refractivity contribution in [3.8, 4) is 0 Å². The van der Waals surface area contributed by atoms with E-state index in [0.29, 0.717) is 5.39 Å².